The Kier molecular flexibility index (Phi) is 4.35. The van der Waals surface area contributed by atoms with Gasteiger partial charge in [-0.2, -0.15) is 0 Å². The van der Waals surface area contributed by atoms with Crippen LogP contribution in [0.4, 0.5) is 0 Å². The summed E-state index contributed by atoms with van der Waals surface area (Å²) in [6.07, 6.45) is 1.67. The highest BCUT2D eigenvalue weighted by atomic mass is 16.4. The molecular weight excluding hydrogens is 322 g/mol. The summed E-state index contributed by atoms with van der Waals surface area (Å²) < 4.78 is 1.27. The minimum absolute atomic E-state index is 0.203. The number of carboxylic acids is 2. The van der Waals surface area contributed by atoms with Crippen molar-refractivity contribution in [2.75, 3.05) is 0 Å². The number of hydrogen-bond donors (Lipinski definition) is 2. The van der Waals surface area contributed by atoms with Crippen LogP contribution in [0, 0.1) is 0 Å². The van der Waals surface area contributed by atoms with Crippen LogP contribution < -0.4 is 5.43 Å². The molecule has 0 unspecified atom stereocenters. The highest BCUT2D eigenvalue weighted by molar-refractivity contribution is 5.93. The van der Waals surface area contributed by atoms with Crippen molar-refractivity contribution in [3.05, 3.63) is 81.6 Å². The molecule has 0 spiro atoms. The first-order valence-electron chi connectivity index (χ1n) is 7.61. The number of nitrogens with zero attached hydrogens (tertiary/aromatic N) is 1. The van der Waals surface area contributed by atoms with Crippen molar-refractivity contribution >= 4 is 22.8 Å². The SMILES string of the molecule is O=C(O)Cn1cc(C(=O)O)c(=O)c2cc(Cc3ccccc3)ccc21. The van der Waals surface area contributed by atoms with Crippen LogP contribution in [0.5, 0.6) is 0 Å². The van der Waals surface area contributed by atoms with Crippen LogP contribution in [-0.2, 0) is 17.8 Å². The van der Waals surface area contributed by atoms with Gasteiger partial charge < -0.3 is 14.8 Å². The summed E-state index contributed by atoms with van der Waals surface area (Å²) in [5.74, 6) is -2.49. The number of aromatic nitrogens is 1. The van der Waals surface area contributed by atoms with E-state index in [0.29, 0.717) is 11.9 Å². The fraction of sp³-hybridized carbons (Fsp3) is 0.105. The zero-order chi connectivity index (χ0) is 18.0. The summed E-state index contributed by atoms with van der Waals surface area (Å²) in [6, 6.07) is 14.8. The predicted octanol–water partition coefficient (Wildman–Crippen LogP) is 2.38. The molecule has 6 heteroatoms. The second-order valence-corrected chi connectivity index (χ2v) is 5.71. The normalized spacial score (nSPS) is 10.7. The summed E-state index contributed by atoms with van der Waals surface area (Å²) >= 11 is 0. The summed E-state index contributed by atoms with van der Waals surface area (Å²) in [7, 11) is 0. The van der Waals surface area contributed by atoms with Gasteiger partial charge in [0, 0.05) is 11.6 Å². The number of rotatable bonds is 5. The van der Waals surface area contributed by atoms with Gasteiger partial charge in [0.05, 0.1) is 5.52 Å². The molecule has 0 aliphatic heterocycles. The van der Waals surface area contributed by atoms with Crippen molar-refractivity contribution < 1.29 is 19.8 Å². The maximum atomic E-state index is 12.5. The van der Waals surface area contributed by atoms with Gasteiger partial charge in [-0.05, 0) is 29.7 Å². The number of benzene rings is 2. The van der Waals surface area contributed by atoms with E-state index in [9.17, 15) is 19.5 Å². The van der Waals surface area contributed by atoms with Crippen LogP contribution in [0.2, 0.25) is 0 Å². The average molecular weight is 337 g/mol. The monoisotopic (exact) mass is 337 g/mol. The molecule has 0 aliphatic rings. The third-order valence-corrected chi connectivity index (χ3v) is 3.93. The molecule has 126 valence electrons. The van der Waals surface area contributed by atoms with E-state index >= 15 is 0 Å². The Morgan fingerprint density at radius 3 is 2.32 bits per heavy atom. The summed E-state index contributed by atoms with van der Waals surface area (Å²) in [5, 5.41) is 18.5. The Balaban J connectivity index is 2.17. The molecule has 3 rings (SSSR count). The third-order valence-electron chi connectivity index (χ3n) is 3.93. The van der Waals surface area contributed by atoms with E-state index in [4.69, 9.17) is 5.11 Å². The standard InChI is InChI=1S/C19H15NO5/c21-17(22)11-20-10-15(19(24)25)18(23)14-9-13(6-7-16(14)20)8-12-4-2-1-3-5-12/h1-7,9-10H,8,11H2,(H,21,22)(H,24,25). The van der Waals surface area contributed by atoms with Crippen molar-refractivity contribution in [1.82, 2.24) is 4.57 Å². The van der Waals surface area contributed by atoms with Crippen LogP contribution in [0.3, 0.4) is 0 Å². The molecule has 0 saturated carbocycles. The molecule has 0 bridgehead atoms. The molecule has 0 fully saturated rings. The number of pyridine rings is 1. The van der Waals surface area contributed by atoms with E-state index in [2.05, 4.69) is 0 Å². The molecule has 0 aliphatic carbocycles. The van der Waals surface area contributed by atoms with Gasteiger partial charge >= 0.3 is 11.9 Å². The van der Waals surface area contributed by atoms with E-state index < -0.39 is 29.5 Å². The van der Waals surface area contributed by atoms with Gasteiger partial charge in [0.2, 0.25) is 5.43 Å². The molecule has 2 N–H and O–H groups in total. The number of carboxylic acid groups (broad SMARTS) is 2. The first kappa shape index (κ1) is 16.4. The van der Waals surface area contributed by atoms with Crippen molar-refractivity contribution in [3.8, 4) is 0 Å². The molecule has 0 atom stereocenters. The number of aromatic carboxylic acids is 1. The fourth-order valence-electron chi connectivity index (χ4n) is 2.82. The maximum absolute atomic E-state index is 12.5. The molecular formula is C19H15NO5. The highest BCUT2D eigenvalue weighted by Crippen LogP contribution is 2.17. The fourth-order valence-corrected chi connectivity index (χ4v) is 2.82. The van der Waals surface area contributed by atoms with E-state index in [-0.39, 0.29) is 5.39 Å². The Morgan fingerprint density at radius 1 is 0.960 bits per heavy atom. The van der Waals surface area contributed by atoms with Gasteiger partial charge in [-0.3, -0.25) is 9.59 Å². The third kappa shape index (κ3) is 3.42. The molecule has 25 heavy (non-hydrogen) atoms. The first-order valence-corrected chi connectivity index (χ1v) is 7.61. The summed E-state index contributed by atoms with van der Waals surface area (Å²) in [5.41, 5.74) is 1.25. The maximum Gasteiger partial charge on any atom is 0.341 e. The van der Waals surface area contributed by atoms with Crippen LogP contribution in [0.15, 0.2) is 59.5 Å². The van der Waals surface area contributed by atoms with Crippen LogP contribution in [0.25, 0.3) is 10.9 Å². The Labute approximate surface area is 142 Å². The Bertz CT molecular complexity index is 1020. The number of aliphatic carboxylic acids is 1. The lowest BCUT2D eigenvalue weighted by Gasteiger charge is -2.11. The van der Waals surface area contributed by atoms with Crippen molar-refractivity contribution in [1.29, 1.82) is 0 Å². The lowest BCUT2D eigenvalue weighted by atomic mass is 10.0. The Morgan fingerprint density at radius 2 is 1.68 bits per heavy atom. The molecule has 6 nitrogen and oxygen atoms in total. The predicted molar refractivity (Wildman–Crippen MR) is 92.1 cm³/mol. The van der Waals surface area contributed by atoms with E-state index in [1.54, 1.807) is 12.1 Å². The lowest BCUT2D eigenvalue weighted by molar-refractivity contribution is -0.137. The minimum Gasteiger partial charge on any atom is -0.480 e. The molecule has 0 radical (unpaired) electrons. The molecule has 3 aromatic rings. The Hall–Kier alpha value is -3.41. The smallest absolute Gasteiger partial charge is 0.341 e. The summed E-state index contributed by atoms with van der Waals surface area (Å²) in [4.78, 5) is 34.8. The molecule has 1 aromatic heterocycles. The van der Waals surface area contributed by atoms with Crippen LogP contribution >= 0.6 is 0 Å². The molecule has 2 aromatic carbocycles. The molecule has 0 amide bonds. The van der Waals surface area contributed by atoms with Crippen molar-refractivity contribution in [2.24, 2.45) is 0 Å². The molecule has 1 heterocycles. The lowest BCUT2D eigenvalue weighted by Crippen LogP contribution is -2.21. The average Bonchev–Trinajstić information content (AvgIpc) is 2.57. The van der Waals surface area contributed by atoms with Gasteiger partial charge in [-0.25, -0.2) is 4.79 Å². The quantitative estimate of drug-likeness (QED) is 0.745. The van der Waals surface area contributed by atoms with Crippen LogP contribution in [0.1, 0.15) is 21.5 Å². The van der Waals surface area contributed by atoms with E-state index in [0.717, 1.165) is 17.3 Å². The number of fused-ring (bicyclic) bond motifs is 1. The first-order chi connectivity index (χ1) is 12.0. The van der Waals surface area contributed by atoms with Gasteiger partial charge in [-0.15, -0.1) is 0 Å². The number of carbonyl (C=O) groups is 2. The molecule has 0 saturated heterocycles. The highest BCUT2D eigenvalue weighted by Gasteiger charge is 2.16. The van der Waals surface area contributed by atoms with E-state index in [1.807, 2.05) is 36.4 Å². The van der Waals surface area contributed by atoms with Crippen molar-refractivity contribution in [3.63, 3.8) is 0 Å². The second kappa shape index (κ2) is 6.60. The largest absolute Gasteiger partial charge is 0.480 e. The van der Waals surface area contributed by atoms with Gasteiger partial charge in [-0.1, -0.05) is 36.4 Å². The van der Waals surface area contributed by atoms with Crippen LogP contribution in [-0.4, -0.2) is 26.7 Å². The zero-order valence-electron chi connectivity index (χ0n) is 13.2. The summed E-state index contributed by atoms with van der Waals surface area (Å²) in [6.45, 7) is -0.422. The van der Waals surface area contributed by atoms with Gasteiger partial charge in [0.25, 0.3) is 0 Å². The zero-order valence-corrected chi connectivity index (χ0v) is 13.2. The van der Waals surface area contributed by atoms with Crippen molar-refractivity contribution in [2.45, 2.75) is 13.0 Å². The minimum atomic E-state index is -1.38. The van der Waals surface area contributed by atoms with Gasteiger partial charge in [0.15, 0.2) is 0 Å². The van der Waals surface area contributed by atoms with E-state index in [1.165, 1.54) is 4.57 Å². The van der Waals surface area contributed by atoms with Gasteiger partial charge in [0.1, 0.15) is 12.1 Å². The number of hydrogen-bond acceptors (Lipinski definition) is 3. The topological polar surface area (TPSA) is 96.6 Å². The second-order valence-electron chi connectivity index (χ2n) is 5.71.